The number of likely N-dealkylation sites (N-methyl/N-ethyl adjacent to an activating group) is 1. The second kappa shape index (κ2) is 10.1. The summed E-state index contributed by atoms with van der Waals surface area (Å²) in [7, 11) is 5.37. The number of anilines is 1. The fourth-order valence-electron chi connectivity index (χ4n) is 4.73. The molecule has 32 heavy (non-hydrogen) atoms. The largest absolute Gasteiger partial charge is 0.493 e. The van der Waals surface area contributed by atoms with E-state index >= 15 is 0 Å². The maximum atomic E-state index is 12.6. The van der Waals surface area contributed by atoms with Gasteiger partial charge in [-0.05, 0) is 67.2 Å². The first-order valence-electron chi connectivity index (χ1n) is 11.4. The number of hydrogen-bond acceptors (Lipinski definition) is 5. The molecule has 0 aromatic heterocycles. The van der Waals surface area contributed by atoms with Gasteiger partial charge in [0.05, 0.1) is 20.3 Å². The highest BCUT2D eigenvalue weighted by molar-refractivity contribution is 5.74. The zero-order chi connectivity index (χ0) is 22.5. The van der Waals surface area contributed by atoms with Gasteiger partial charge in [0.2, 0.25) is 0 Å². The number of nitrogens with zero attached hydrogens (tertiary/aromatic N) is 2. The summed E-state index contributed by atoms with van der Waals surface area (Å²) in [5, 5.41) is 6.06. The van der Waals surface area contributed by atoms with Gasteiger partial charge in [0, 0.05) is 32.4 Å². The number of carbonyl (C=O) groups excluding carboxylic acids is 1. The van der Waals surface area contributed by atoms with Crippen LogP contribution in [-0.2, 0) is 13.0 Å². The Hall–Kier alpha value is -2.93. The molecule has 2 aliphatic heterocycles. The van der Waals surface area contributed by atoms with Gasteiger partial charge in [-0.3, -0.25) is 4.90 Å². The monoisotopic (exact) mass is 438 g/mol. The van der Waals surface area contributed by atoms with Gasteiger partial charge in [0.1, 0.15) is 0 Å². The minimum Gasteiger partial charge on any atom is -0.493 e. The Labute approximate surface area is 190 Å². The highest BCUT2D eigenvalue weighted by atomic mass is 16.5. The zero-order valence-corrected chi connectivity index (χ0v) is 19.3. The van der Waals surface area contributed by atoms with E-state index in [1.807, 2.05) is 18.2 Å². The zero-order valence-electron chi connectivity index (χ0n) is 19.3. The van der Waals surface area contributed by atoms with Gasteiger partial charge in [-0.2, -0.15) is 0 Å². The van der Waals surface area contributed by atoms with Gasteiger partial charge < -0.3 is 25.0 Å². The molecular weight excluding hydrogens is 404 g/mol. The lowest BCUT2D eigenvalue weighted by molar-refractivity contribution is 0.220. The fourth-order valence-corrected chi connectivity index (χ4v) is 4.73. The van der Waals surface area contributed by atoms with Crippen molar-refractivity contribution in [3.8, 4) is 11.5 Å². The molecule has 2 N–H and O–H groups in total. The minimum atomic E-state index is -0.162. The van der Waals surface area contributed by atoms with Crippen molar-refractivity contribution in [3.63, 3.8) is 0 Å². The number of urea groups is 1. The standard InChI is InChI=1S/C25H34N4O3/c1-28-13-10-20-15-19(7-8-21(20)28)22(29-11-4-5-12-29)17-27-25(30)26-16-18-6-9-23(31-2)24(14-18)32-3/h6-9,14-15,22H,4-5,10-13,16-17H2,1-3H3,(H2,26,27,30)/t22-/m0/s1. The summed E-state index contributed by atoms with van der Waals surface area (Å²) in [4.78, 5) is 17.4. The molecule has 0 spiro atoms. The van der Waals surface area contributed by atoms with Crippen LogP contribution in [0.25, 0.3) is 0 Å². The minimum absolute atomic E-state index is 0.162. The molecule has 4 rings (SSSR count). The number of nitrogens with one attached hydrogen (secondary N) is 2. The molecule has 0 radical (unpaired) electrons. The Morgan fingerprint density at radius 2 is 1.78 bits per heavy atom. The first kappa shape index (κ1) is 22.3. The average Bonchev–Trinajstić information content (AvgIpc) is 3.48. The Morgan fingerprint density at radius 3 is 2.53 bits per heavy atom. The molecule has 0 saturated carbocycles. The first-order valence-corrected chi connectivity index (χ1v) is 11.4. The van der Waals surface area contributed by atoms with Crippen LogP contribution in [0.5, 0.6) is 11.5 Å². The third-order valence-electron chi connectivity index (χ3n) is 6.55. The maximum Gasteiger partial charge on any atom is 0.315 e. The normalized spacial score (nSPS) is 16.5. The lowest BCUT2D eigenvalue weighted by Gasteiger charge is -2.29. The first-order chi connectivity index (χ1) is 15.6. The molecule has 7 nitrogen and oxygen atoms in total. The number of likely N-dealkylation sites (tertiary alicyclic amines) is 1. The van der Waals surface area contributed by atoms with E-state index in [4.69, 9.17) is 9.47 Å². The summed E-state index contributed by atoms with van der Waals surface area (Å²) in [6.45, 7) is 4.25. The van der Waals surface area contributed by atoms with Crippen molar-refractivity contribution in [2.75, 3.05) is 52.3 Å². The predicted octanol–water partition coefficient (Wildman–Crippen LogP) is 3.33. The molecule has 2 aliphatic rings. The van der Waals surface area contributed by atoms with Crippen LogP contribution >= 0.6 is 0 Å². The van der Waals surface area contributed by atoms with Crippen molar-refractivity contribution in [1.82, 2.24) is 15.5 Å². The predicted molar refractivity (Wildman–Crippen MR) is 127 cm³/mol. The molecule has 0 bridgehead atoms. The van der Waals surface area contributed by atoms with Crippen molar-refractivity contribution < 1.29 is 14.3 Å². The molecule has 2 heterocycles. The molecule has 172 valence electrons. The van der Waals surface area contributed by atoms with Crippen LogP contribution in [0.15, 0.2) is 36.4 Å². The number of rotatable bonds is 8. The molecular formula is C25H34N4O3. The molecule has 1 atom stereocenters. The number of ether oxygens (including phenoxy) is 2. The van der Waals surface area contributed by atoms with Gasteiger partial charge in [-0.25, -0.2) is 4.79 Å². The SMILES string of the molecule is COc1ccc(CNC(=O)NC[C@@H](c2ccc3c(c2)CCN3C)N2CCCC2)cc1OC. The summed E-state index contributed by atoms with van der Waals surface area (Å²) in [5.74, 6) is 1.33. The van der Waals surface area contributed by atoms with E-state index in [0.717, 1.165) is 31.6 Å². The molecule has 1 fully saturated rings. The summed E-state index contributed by atoms with van der Waals surface area (Å²) in [5.41, 5.74) is 4.99. The smallest absolute Gasteiger partial charge is 0.315 e. The Bertz CT molecular complexity index is 943. The molecule has 1 saturated heterocycles. The lowest BCUT2D eigenvalue weighted by atomic mass is 10.0. The third kappa shape index (κ3) is 4.93. The highest BCUT2D eigenvalue weighted by Gasteiger charge is 2.26. The number of carbonyl (C=O) groups is 1. The summed E-state index contributed by atoms with van der Waals surface area (Å²) in [6, 6.07) is 12.5. The average molecular weight is 439 g/mol. The van der Waals surface area contributed by atoms with E-state index < -0.39 is 0 Å². The molecule has 7 heteroatoms. The van der Waals surface area contributed by atoms with Gasteiger partial charge in [-0.1, -0.05) is 18.2 Å². The summed E-state index contributed by atoms with van der Waals surface area (Å²) in [6.07, 6.45) is 3.52. The van der Waals surface area contributed by atoms with Gasteiger partial charge in [0.15, 0.2) is 11.5 Å². The van der Waals surface area contributed by atoms with Crippen molar-refractivity contribution in [1.29, 1.82) is 0 Å². The van der Waals surface area contributed by atoms with E-state index in [1.54, 1.807) is 14.2 Å². The maximum absolute atomic E-state index is 12.6. The number of hydrogen-bond donors (Lipinski definition) is 2. The highest BCUT2D eigenvalue weighted by Crippen LogP contribution is 2.32. The van der Waals surface area contributed by atoms with Crippen molar-refractivity contribution in [3.05, 3.63) is 53.1 Å². The molecule has 0 unspecified atom stereocenters. The third-order valence-corrected chi connectivity index (χ3v) is 6.55. The van der Waals surface area contributed by atoms with Crippen LogP contribution in [0.3, 0.4) is 0 Å². The van der Waals surface area contributed by atoms with Crippen molar-refractivity contribution in [2.45, 2.75) is 31.8 Å². The molecule has 2 aromatic carbocycles. The Morgan fingerprint density at radius 1 is 1.00 bits per heavy atom. The van der Waals surface area contributed by atoms with Crippen molar-refractivity contribution in [2.24, 2.45) is 0 Å². The van der Waals surface area contributed by atoms with E-state index in [-0.39, 0.29) is 12.1 Å². The topological polar surface area (TPSA) is 66.1 Å². The second-order valence-electron chi connectivity index (χ2n) is 8.57. The van der Waals surface area contributed by atoms with E-state index in [9.17, 15) is 4.79 Å². The van der Waals surface area contributed by atoms with Crippen LogP contribution in [-0.4, -0.2) is 58.4 Å². The van der Waals surface area contributed by atoms with Crippen LogP contribution in [0.2, 0.25) is 0 Å². The summed E-state index contributed by atoms with van der Waals surface area (Å²) >= 11 is 0. The summed E-state index contributed by atoms with van der Waals surface area (Å²) < 4.78 is 10.6. The van der Waals surface area contributed by atoms with Crippen LogP contribution < -0.4 is 25.0 Å². The number of fused-ring (bicyclic) bond motifs is 1. The van der Waals surface area contributed by atoms with Crippen LogP contribution in [0.1, 0.15) is 35.6 Å². The fraction of sp³-hybridized carbons (Fsp3) is 0.480. The quantitative estimate of drug-likeness (QED) is 0.662. The molecule has 0 aliphatic carbocycles. The van der Waals surface area contributed by atoms with Gasteiger partial charge in [0.25, 0.3) is 0 Å². The second-order valence-corrected chi connectivity index (χ2v) is 8.57. The van der Waals surface area contributed by atoms with Crippen LogP contribution in [0.4, 0.5) is 10.5 Å². The number of amides is 2. The van der Waals surface area contributed by atoms with Crippen molar-refractivity contribution >= 4 is 11.7 Å². The van der Waals surface area contributed by atoms with E-state index in [2.05, 4.69) is 45.7 Å². The van der Waals surface area contributed by atoms with E-state index in [0.29, 0.717) is 24.6 Å². The van der Waals surface area contributed by atoms with Gasteiger partial charge >= 0.3 is 6.03 Å². The number of methoxy groups -OCH3 is 2. The Kier molecular flexibility index (Phi) is 7.05. The Balaban J connectivity index is 1.38. The van der Waals surface area contributed by atoms with Crippen LogP contribution in [0, 0.1) is 0 Å². The van der Waals surface area contributed by atoms with Gasteiger partial charge in [-0.15, -0.1) is 0 Å². The molecule has 2 aromatic rings. The van der Waals surface area contributed by atoms with E-state index in [1.165, 1.54) is 29.7 Å². The number of benzene rings is 2. The lowest BCUT2D eigenvalue weighted by Crippen LogP contribution is -2.41. The molecule has 2 amide bonds.